The van der Waals surface area contributed by atoms with Gasteiger partial charge in [-0.2, -0.15) is 0 Å². The van der Waals surface area contributed by atoms with Crippen LogP contribution in [0.1, 0.15) is 13.8 Å². The van der Waals surface area contributed by atoms with Gasteiger partial charge in [-0.15, -0.1) is 0 Å². The van der Waals surface area contributed by atoms with Gasteiger partial charge in [0.15, 0.2) is 0 Å². The molecule has 0 aliphatic heterocycles. The summed E-state index contributed by atoms with van der Waals surface area (Å²) in [6.07, 6.45) is 0. The molecule has 0 fully saturated rings. The van der Waals surface area contributed by atoms with Gasteiger partial charge in [-0.25, -0.2) is 0 Å². The SMILES string of the molecule is CC(C)[C@](N)(CN)C(=O)O. The van der Waals surface area contributed by atoms with E-state index in [9.17, 15) is 4.79 Å². The number of nitrogens with two attached hydrogens (primary N) is 2. The summed E-state index contributed by atoms with van der Waals surface area (Å²) in [4.78, 5) is 10.5. The molecule has 0 aromatic rings. The van der Waals surface area contributed by atoms with Crippen LogP contribution in [0.4, 0.5) is 0 Å². The van der Waals surface area contributed by atoms with Crippen molar-refractivity contribution in [2.45, 2.75) is 19.4 Å². The second-order valence-corrected chi connectivity index (χ2v) is 2.70. The predicted octanol–water partition coefficient (Wildman–Crippen LogP) is -0.617. The fourth-order valence-corrected chi connectivity index (χ4v) is 0.570. The van der Waals surface area contributed by atoms with E-state index in [1.165, 1.54) is 0 Å². The van der Waals surface area contributed by atoms with Gasteiger partial charge < -0.3 is 16.6 Å². The summed E-state index contributed by atoms with van der Waals surface area (Å²) in [7, 11) is 0. The topological polar surface area (TPSA) is 89.3 Å². The molecule has 0 aromatic carbocycles. The summed E-state index contributed by atoms with van der Waals surface area (Å²) in [5.74, 6) is -1.18. The zero-order valence-electron chi connectivity index (χ0n) is 6.29. The molecule has 0 rings (SSSR count). The number of aliphatic carboxylic acids is 1. The van der Waals surface area contributed by atoms with Crippen molar-refractivity contribution >= 4 is 5.97 Å². The van der Waals surface area contributed by atoms with Crippen LogP contribution in [0.2, 0.25) is 0 Å². The van der Waals surface area contributed by atoms with Crippen LogP contribution in [0.15, 0.2) is 0 Å². The monoisotopic (exact) mass is 146 g/mol. The van der Waals surface area contributed by atoms with Crippen LogP contribution in [0.3, 0.4) is 0 Å². The van der Waals surface area contributed by atoms with Gasteiger partial charge in [0.2, 0.25) is 0 Å². The molecule has 60 valence electrons. The Bertz CT molecular complexity index is 136. The molecule has 0 saturated carbocycles. The first-order valence-corrected chi connectivity index (χ1v) is 3.17. The first kappa shape index (κ1) is 9.39. The minimum absolute atomic E-state index is 0.0278. The molecule has 0 amide bonds. The van der Waals surface area contributed by atoms with Gasteiger partial charge in [0, 0.05) is 6.54 Å². The molecular formula is C6H14N2O2. The van der Waals surface area contributed by atoms with E-state index in [1.54, 1.807) is 13.8 Å². The van der Waals surface area contributed by atoms with Gasteiger partial charge in [0.1, 0.15) is 5.54 Å². The van der Waals surface area contributed by atoms with Crippen molar-refractivity contribution in [2.24, 2.45) is 17.4 Å². The number of carboxylic acid groups (broad SMARTS) is 1. The van der Waals surface area contributed by atoms with E-state index < -0.39 is 11.5 Å². The highest BCUT2D eigenvalue weighted by molar-refractivity contribution is 5.79. The van der Waals surface area contributed by atoms with Crippen molar-refractivity contribution in [1.29, 1.82) is 0 Å². The predicted molar refractivity (Wildman–Crippen MR) is 38.4 cm³/mol. The fourth-order valence-electron chi connectivity index (χ4n) is 0.570. The average Bonchev–Trinajstić information content (AvgIpc) is 1.85. The molecule has 0 spiro atoms. The Morgan fingerprint density at radius 1 is 1.70 bits per heavy atom. The number of hydrogen-bond donors (Lipinski definition) is 3. The van der Waals surface area contributed by atoms with E-state index in [0.29, 0.717) is 0 Å². The molecule has 5 N–H and O–H groups in total. The van der Waals surface area contributed by atoms with E-state index in [1.807, 2.05) is 0 Å². The third kappa shape index (κ3) is 1.46. The maximum absolute atomic E-state index is 10.5. The van der Waals surface area contributed by atoms with E-state index in [4.69, 9.17) is 16.6 Å². The van der Waals surface area contributed by atoms with Crippen molar-refractivity contribution in [3.8, 4) is 0 Å². The summed E-state index contributed by atoms with van der Waals surface area (Å²) >= 11 is 0. The molecule has 0 radical (unpaired) electrons. The molecule has 4 nitrogen and oxygen atoms in total. The summed E-state index contributed by atoms with van der Waals surface area (Å²) in [6, 6.07) is 0. The Balaban J connectivity index is 4.38. The second-order valence-electron chi connectivity index (χ2n) is 2.70. The van der Waals surface area contributed by atoms with E-state index >= 15 is 0 Å². The largest absolute Gasteiger partial charge is 0.480 e. The third-order valence-electron chi connectivity index (χ3n) is 1.77. The lowest BCUT2D eigenvalue weighted by molar-refractivity contribution is -0.144. The van der Waals surface area contributed by atoms with Crippen molar-refractivity contribution in [2.75, 3.05) is 6.54 Å². The zero-order chi connectivity index (χ0) is 8.36. The highest BCUT2D eigenvalue weighted by Crippen LogP contribution is 2.11. The molecule has 0 aliphatic rings. The number of hydrogen-bond acceptors (Lipinski definition) is 3. The number of rotatable bonds is 3. The lowest BCUT2D eigenvalue weighted by atomic mass is 9.88. The molecule has 0 aromatic heterocycles. The van der Waals surface area contributed by atoms with Crippen LogP contribution in [0, 0.1) is 5.92 Å². The molecule has 0 saturated heterocycles. The normalized spacial score (nSPS) is 16.9. The Morgan fingerprint density at radius 2 is 2.10 bits per heavy atom. The Morgan fingerprint density at radius 3 is 2.10 bits per heavy atom. The van der Waals surface area contributed by atoms with Gasteiger partial charge in [-0.3, -0.25) is 4.79 Å². The lowest BCUT2D eigenvalue weighted by Crippen LogP contribution is -2.57. The van der Waals surface area contributed by atoms with Gasteiger partial charge >= 0.3 is 5.97 Å². The molecule has 0 unspecified atom stereocenters. The summed E-state index contributed by atoms with van der Waals surface area (Å²) in [5.41, 5.74) is 9.40. The van der Waals surface area contributed by atoms with Crippen LogP contribution in [-0.2, 0) is 4.79 Å². The summed E-state index contributed by atoms with van der Waals surface area (Å²) in [5, 5.41) is 8.60. The van der Waals surface area contributed by atoms with Crippen LogP contribution < -0.4 is 11.5 Å². The highest BCUT2D eigenvalue weighted by Gasteiger charge is 2.35. The molecule has 0 bridgehead atoms. The molecule has 10 heavy (non-hydrogen) atoms. The van der Waals surface area contributed by atoms with Crippen molar-refractivity contribution in [3.05, 3.63) is 0 Å². The maximum atomic E-state index is 10.5. The van der Waals surface area contributed by atoms with Crippen LogP contribution >= 0.6 is 0 Å². The lowest BCUT2D eigenvalue weighted by Gasteiger charge is -2.26. The maximum Gasteiger partial charge on any atom is 0.325 e. The van der Waals surface area contributed by atoms with Gasteiger partial charge in [0.25, 0.3) is 0 Å². The van der Waals surface area contributed by atoms with Crippen LogP contribution in [0.5, 0.6) is 0 Å². The van der Waals surface area contributed by atoms with Crippen molar-refractivity contribution in [1.82, 2.24) is 0 Å². The highest BCUT2D eigenvalue weighted by atomic mass is 16.4. The van der Waals surface area contributed by atoms with E-state index in [2.05, 4.69) is 0 Å². The third-order valence-corrected chi connectivity index (χ3v) is 1.77. The van der Waals surface area contributed by atoms with Crippen molar-refractivity contribution < 1.29 is 9.90 Å². The molecule has 0 aliphatic carbocycles. The Labute approximate surface area is 60.2 Å². The first-order valence-electron chi connectivity index (χ1n) is 3.17. The Kier molecular flexibility index (Phi) is 2.80. The number of carboxylic acids is 1. The quantitative estimate of drug-likeness (QED) is 0.495. The molecule has 1 atom stereocenters. The average molecular weight is 146 g/mol. The van der Waals surface area contributed by atoms with E-state index in [-0.39, 0.29) is 12.5 Å². The zero-order valence-corrected chi connectivity index (χ0v) is 6.29. The summed E-state index contributed by atoms with van der Waals surface area (Å²) in [6.45, 7) is 3.45. The Hall–Kier alpha value is -0.610. The number of carbonyl (C=O) groups is 1. The fraction of sp³-hybridized carbons (Fsp3) is 0.833. The molecule has 0 heterocycles. The standard InChI is InChI=1S/C6H14N2O2/c1-4(2)6(8,3-7)5(9)10/h4H,3,7-8H2,1-2H3,(H,9,10)/t6-/m1/s1. The molecular weight excluding hydrogens is 132 g/mol. The van der Waals surface area contributed by atoms with Gasteiger partial charge in [-0.1, -0.05) is 13.8 Å². The van der Waals surface area contributed by atoms with Gasteiger partial charge in [0.05, 0.1) is 0 Å². The smallest absolute Gasteiger partial charge is 0.325 e. The van der Waals surface area contributed by atoms with Crippen LogP contribution in [-0.4, -0.2) is 23.2 Å². The first-order chi connectivity index (χ1) is 4.45. The van der Waals surface area contributed by atoms with Crippen molar-refractivity contribution in [3.63, 3.8) is 0 Å². The second kappa shape index (κ2) is 2.98. The minimum atomic E-state index is -1.26. The van der Waals surface area contributed by atoms with E-state index in [0.717, 1.165) is 0 Å². The molecule has 4 heteroatoms. The van der Waals surface area contributed by atoms with Crippen LogP contribution in [0.25, 0.3) is 0 Å². The van der Waals surface area contributed by atoms with Gasteiger partial charge in [-0.05, 0) is 5.92 Å². The summed E-state index contributed by atoms with van der Waals surface area (Å²) < 4.78 is 0. The minimum Gasteiger partial charge on any atom is -0.480 e.